The van der Waals surface area contributed by atoms with Gasteiger partial charge in [0.05, 0.1) is 23.4 Å². The van der Waals surface area contributed by atoms with Crippen LogP contribution >= 0.6 is 11.8 Å². The zero-order valence-corrected chi connectivity index (χ0v) is 19.6. The molecule has 1 aliphatic heterocycles. The number of nitrogens with zero attached hydrogens (tertiary/aromatic N) is 1. The summed E-state index contributed by atoms with van der Waals surface area (Å²) in [6, 6.07) is 17.0. The first kappa shape index (κ1) is 21.5. The SMILES string of the molecule is CC(C)(C)c1ccc(Sc2cc(C3=NCCO3)c(N)c3c2C(=O)c2ccccc2C3=O)cc1. The molecule has 0 aromatic heterocycles. The molecule has 0 saturated heterocycles. The molecule has 5 nitrogen and oxygen atoms in total. The van der Waals surface area contributed by atoms with E-state index in [4.69, 9.17) is 10.5 Å². The Morgan fingerprint density at radius 1 is 0.909 bits per heavy atom. The van der Waals surface area contributed by atoms with Crippen molar-refractivity contribution in [1.29, 1.82) is 0 Å². The van der Waals surface area contributed by atoms with E-state index in [0.717, 1.165) is 4.90 Å². The third-order valence-corrected chi connectivity index (χ3v) is 7.02. The van der Waals surface area contributed by atoms with Crippen molar-refractivity contribution in [3.8, 4) is 0 Å². The first-order chi connectivity index (χ1) is 15.8. The standard InChI is InChI=1S/C27H24N2O3S/c1-27(2,3)15-8-10-16(11-9-15)33-20-14-19(26-29-12-13-32-26)23(28)22-21(20)24(30)17-6-4-5-7-18(17)25(22)31/h4-11,14H,12-13,28H2,1-3H3. The first-order valence-electron chi connectivity index (χ1n) is 10.9. The van der Waals surface area contributed by atoms with Gasteiger partial charge in [-0.2, -0.15) is 0 Å². The molecule has 1 aliphatic carbocycles. The first-order valence-corrected chi connectivity index (χ1v) is 11.7. The van der Waals surface area contributed by atoms with Gasteiger partial charge in [0, 0.05) is 26.5 Å². The number of nitrogen functional groups attached to an aromatic ring is 1. The number of ketones is 2. The lowest BCUT2D eigenvalue weighted by Crippen LogP contribution is -2.25. The fourth-order valence-corrected chi connectivity index (χ4v) is 5.19. The Labute approximate surface area is 197 Å². The zero-order chi connectivity index (χ0) is 23.3. The summed E-state index contributed by atoms with van der Waals surface area (Å²) in [6.07, 6.45) is 0. The van der Waals surface area contributed by atoms with Crippen LogP contribution in [0.4, 0.5) is 5.69 Å². The van der Waals surface area contributed by atoms with Crippen LogP contribution in [0.5, 0.6) is 0 Å². The minimum Gasteiger partial charge on any atom is -0.475 e. The quantitative estimate of drug-likeness (QED) is 0.425. The average molecular weight is 457 g/mol. The van der Waals surface area contributed by atoms with Crippen molar-refractivity contribution >= 4 is 34.9 Å². The van der Waals surface area contributed by atoms with Crippen LogP contribution in [0, 0.1) is 0 Å². The lowest BCUT2D eigenvalue weighted by atomic mass is 9.82. The minimum absolute atomic E-state index is 0.0424. The Kier molecular flexibility index (Phi) is 5.13. The molecule has 0 atom stereocenters. The predicted molar refractivity (Wildman–Crippen MR) is 131 cm³/mol. The zero-order valence-electron chi connectivity index (χ0n) is 18.8. The second-order valence-electron chi connectivity index (χ2n) is 9.20. The van der Waals surface area contributed by atoms with Gasteiger partial charge < -0.3 is 10.5 Å². The maximum absolute atomic E-state index is 13.6. The van der Waals surface area contributed by atoms with Crippen LogP contribution in [0.3, 0.4) is 0 Å². The van der Waals surface area contributed by atoms with Gasteiger partial charge in [-0.25, -0.2) is 4.99 Å². The van der Waals surface area contributed by atoms with E-state index < -0.39 is 0 Å². The number of aliphatic imine (C=N–C) groups is 1. The van der Waals surface area contributed by atoms with E-state index in [2.05, 4.69) is 37.9 Å². The average Bonchev–Trinajstić information content (AvgIpc) is 3.33. The Balaban J connectivity index is 1.68. The number of rotatable bonds is 3. The Morgan fingerprint density at radius 3 is 2.12 bits per heavy atom. The van der Waals surface area contributed by atoms with Crippen LogP contribution in [0.15, 0.2) is 69.4 Å². The van der Waals surface area contributed by atoms with Crippen molar-refractivity contribution in [3.63, 3.8) is 0 Å². The van der Waals surface area contributed by atoms with Gasteiger partial charge in [0.15, 0.2) is 11.6 Å². The van der Waals surface area contributed by atoms with Crippen molar-refractivity contribution in [1.82, 2.24) is 0 Å². The molecular formula is C27H24N2O3S. The molecule has 5 rings (SSSR count). The van der Waals surface area contributed by atoms with E-state index in [1.807, 2.05) is 18.2 Å². The maximum Gasteiger partial charge on any atom is 0.218 e. The monoisotopic (exact) mass is 456 g/mol. The van der Waals surface area contributed by atoms with E-state index in [1.165, 1.54) is 17.3 Å². The summed E-state index contributed by atoms with van der Waals surface area (Å²) >= 11 is 1.44. The second-order valence-corrected chi connectivity index (χ2v) is 10.3. The van der Waals surface area contributed by atoms with Crippen LogP contribution in [0.25, 0.3) is 0 Å². The summed E-state index contributed by atoms with van der Waals surface area (Å²) in [6.45, 7) is 7.52. The van der Waals surface area contributed by atoms with Crippen molar-refractivity contribution < 1.29 is 14.3 Å². The Morgan fingerprint density at radius 2 is 1.55 bits per heavy atom. The summed E-state index contributed by atoms with van der Waals surface area (Å²) in [5, 5.41) is 0. The van der Waals surface area contributed by atoms with Gasteiger partial charge in [0.1, 0.15) is 6.61 Å². The molecule has 166 valence electrons. The highest BCUT2D eigenvalue weighted by Gasteiger charge is 2.36. The fourth-order valence-electron chi connectivity index (χ4n) is 4.19. The number of carbonyl (C=O) groups is 2. The molecule has 0 fully saturated rings. The Hall–Kier alpha value is -3.38. The lowest BCUT2D eigenvalue weighted by molar-refractivity contribution is 0.0977. The Bertz CT molecular complexity index is 1330. The topological polar surface area (TPSA) is 81.8 Å². The van der Waals surface area contributed by atoms with Gasteiger partial charge in [0.2, 0.25) is 5.90 Å². The van der Waals surface area contributed by atoms with Crippen LogP contribution < -0.4 is 5.73 Å². The molecule has 6 heteroatoms. The van der Waals surface area contributed by atoms with Gasteiger partial charge in [-0.3, -0.25) is 9.59 Å². The smallest absolute Gasteiger partial charge is 0.218 e. The van der Waals surface area contributed by atoms with Crippen LogP contribution in [-0.2, 0) is 10.2 Å². The number of nitrogens with two attached hydrogens (primary N) is 1. The number of hydrogen-bond acceptors (Lipinski definition) is 6. The molecule has 2 N–H and O–H groups in total. The molecule has 0 bridgehead atoms. The highest BCUT2D eigenvalue weighted by molar-refractivity contribution is 7.99. The highest BCUT2D eigenvalue weighted by Crippen LogP contribution is 2.42. The van der Waals surface area contributed by atoms with Gasteiger partial charge in [0.25, 0.3) is 0 Å². The number of ether oxygens (including phenoxy) is 1. The molecule has 3 aromatic carbocycles. The van der Waals surface area contributed by atoms with Gasteiger partial charge in [-0.05, 0) is 29.2 Å². The number of carbonyl (C=O) groups excluding carboxylic acids is 2. The summed E-state index contributed by atoms with van der Waals surface area (Å²) in [7, 11) is 0. The molecule has 3 aromatic rings. The van der Waals surface area contributed by atoms with Crippen LogP contribution in [-0.4, -0.2) is 30.6 Å². The molecule has 2 aliphatic rings. The van der Waals surface area contributed by atoms with Crippen molar-refractivity contribution in [3.05, 3.63) is 88.0 Å². The van der Waals surface area contributed by atoms with Gasteiger partial charge >= 0.3 is 0 Å². The molecular weight excluding hydrogens is 432 g/mol. The summed E-state index contributed by atoms with van der Waals surface area (Å²) in [4.78, 5) is 33.1. The maximum atomic E-state index is 13.6. The summed E-state index contributed by atoms with van der Waals surface area (Å²) in [5.41, 5.74) is 9.91. The van der Waals surface area contributed by atoms with E-state index in [-0.39, 0.29) is 28.2 Å². The largest absolute Gasteiger partial charge is 0.475 e. The normalized spacial score (nSPS) is 15.1. The van der Waals surface area contributed by atoms with Gasteiger partial charge in [-0.1, -0.05) is 68.9 Å². The molecule has 1 heterocycles. The van der Waals surface area contributed by atoms with E-state index >= 15 is 0 Å². The van der Waals surface area contributed by atoms with Crippen LogP contribution in [0.1, 0.15) is 63.7 Å². The van der Waals surface area contributed by atoms with Gasteiger partial charge in [-0.15, -0.1) is 0 Å². The number of benzene rings is 3. The second kappa shape index (κ2) is 7.89. The molecule has 0 amide bonds. The third kappa shape index (κ3) is 3.64. The van der Waals surface area contributed by atoms with E-state index in [9.17, 15) is 9.59 Å². The number of fused-ring (bicyclic) bond motifs is 2. The molecule has 0 radical (unpaired) electrons. The van der Waals surface area contributed by atoms with Crippen molar-refractivity contribution in [2.24, 2.45) is 4.99 Å². The molecule has 0 unspecified atom stereocenters. The molecule has 0 saturated carbocycles. The van der Waals surface area contributed by atoms with Crippen molar-refractivity contribution in [2.75, 3.05) is 18.9 Å². The van der Waals surface area contributed by atoms with Crippen LogP contribution in [0.2, 0.25) is 0 Å². The summed E-state index contributed by atoms with van der Waals surface area (Å²) < 4.78 is 5.67. The molecule has 33 heavy (non-hydrogen) atoms. The number of hydrogen-bond donors (Lipinski definition) is 1. The molecule has 0 spiro atoms. The fraction of sp³-hybridized carbons (Fsp3) is 0.222. The van der Waals surface area contributed by atoms with E-state index in [0.29, 0.717) is 46.2 Å². The lowest BCUT2D eigenvalue weighted by Gasteiger charge is -2.23. The highest BCUT2D eigenvalue weighted by atomic mass is 32.2. The third-order valence-electron chi connectivity index (χ3n) is 5.97. The van der Waals surface area contributed by atoms with E-state index in [1.54, 1.807) is 24.3 Å². The summed E-state index contributed by atoms with van der Waals surface area (Å²) in [5.74, 6) is -0.0241. The minimum atomic E-state index is -0.247. The number of anilines is 1. The van der Waals surface area contributed by atoms with Crippen molar-refractivity contribution in [2.45, 2.75) is 36.0 Å². The predicted octanol–water partition coefficient (Wildman–Crippen LogP) is 5.27.